The number of hydrogen-bond acceptors (Lipinski definition) is 6. The molecule has 3 aromatic rings. The zero-order valence-corrected chi connectivity index (χ0v) is 19.6. The number of benzene rings is 1. The highest BCUT2D eigenvalue weighted by Crippen LogP contribution is 2.31. The standard InChI is InChI=1S/C21H26FIN6O/c1-21(2,3)11-25-5-6-29-16(26-17-18(24)27-20(22)28-19(17)29)10-13-9-15-12(4-7-30-15)8-14(13)23/h8-9,25H,4-7,10-11H2,1-3H3,(H2,24,27,28)/i23-3. The highest BCUT2D eigenvalue weighted by molar-refractivity contribution is 14.1. The summed E-state index contributed by atoms with van der Waals surface area (Å²) in [4.78, 5) is 12.3. The number of nitrogens with one attached hydrogen (secondary N) is 1. The zero-order chi connectivity index (χ0) is 21.5. The summed E-state index contributed by atoms with van der Waals surface area (Å²) in [7, 11) is 0. The molecule has 0 unspecified atom stereocenters. The lowest BCUT2D eigenvalue weighted by Crippen LogP contribution is -2.30. The van der Waals surface area contributed by atoms with Crippen LogP contribution in [-0.2, 0) is 19.4 Å². The van der Waals surface area contributed by atoms with Gasteiger partial charge in [-0.25, -0.2) is 4.98 Å². The topological polar surface area (TPSA) is 90.9 Å². The van der Waals surface area contributed by atoms with Crippen LogP contribution in [0, 0.1) is 15.1 Å². The lowest BCUT2D eigenvalue weighted by molar-refractivity contribution is 0.356. The highest BCUT2D eigenvalue weighted by atomic mass is 124. The molecule has 7 nitrogen and oxygen atoms in total. The van der Waals surface area contributed by atoms with E-state index in [2.05, 4.69) is 75.8 Å². The Kier molecular flexibility index (Phi) is 5.84. The molecule has 0 bridgehead atoms. The van der Waals surface area contributed by atoms with Crippen molar-refractivity contribution < 1.29 is 9.13 Å². The number of rotatable bonds is 6. The maximum Gasteiger partial charge on any atom is 0.312 e. The Morgan fingerprint density at radius 2 is 2.07 bits per heavy atom. The first-order chi connectivity index (χ1) is 14.2. The number of ether oxygens (including phenoxy) is 1. The second-order valence-electron chi connectivity index (χ2n) is 8.79. The number of aromatic nitrogens is 4. The molecule has 0 fully saturated rings. The molecule has 1 aromatic carbocycles. The lowest BCUT2D eigenvalue weighted by atomic mass is 9.97. The zero-order valence-electron chi connectivity index (χ0n) is 17.4. The fraction of sp³-hybridized carbons (Fsp3) is 0.476. The van der Waals surface area contributed by atoms with Crippen LogP contribution in [0.25, 0.3) is 11.2 Å². The number of nitrogens with two attached hydrogens (primary N) is 1. The third-order valence-electron chi connectivity index (χ3n) is 5.05. The van der Waals surface area contributed by atoms with Crippen molar-refractivity contribution in [1.82, 2.24) is 24.8 Å². The fourth-order valence-corrected chi connectivity index (χ4v) is 4.33. The van der Waals surface area contributed by atoms with Gasteiger partial charge in [0.25, 0.3) is 0 Å². The van der Waals surface area contributed by atoms with Crippen molar-refractivity contribution in [2.45, 2.75) is 40.2 Å². The van der Waals surface area contributed by atoms with Gasteiger partial charge in [0.15, 0.2) is 17.0 Å². The molecule has 0 spiro atoms. The van der Waals surface area contributed by atoms with Gasteiger partial charge >= 0.3 is 6.08 Å². The second-order valence-corrected chi connectivity index (χ2v) is 9.96. The monoisotopic (exact) mass is 521 g/mol. The minimum atomic E-state index is -0.837. The molecule has 2 aromatic heterocycles. The van der Waals surface area contributed by atoms with Gasteiger partial charge < -0.3 is 20.4 Å². The average Bonchev–Trinajstić information content (AvgIpc) is 3.23. The average molecular weight is 521 g/mol. The second kappa shape index (κ2) is 8.26. The van der Waals surface area contributed by atoms with E-state index < -0.39 is 6.08 Å². The van der Waals surface area contributed by atoms with E-state index in [1.54, 1.807) is 0 Å². The maximum absolute atomic E-state index is 13.9. The Balaban J connectivity index is 1.67. The molecule has 3 N–H and O–H groups in total. The van der Waals surface area contributed by atoms with Crippen LogP contribution in [0.2, 0.25) is 0 Å². The van der Waals surface area contributed by atoms with Crippen molar-refractivity contribution in [2.24, 2.45) is 5.41 Å². The van der Waals surface area contributed by atoms with E-state index in [0.717, 1.165) is 40.3 Å². The van der Waals surface area contributed by atoms with E-state index in [1.807, 2.05) is 4.57 Å². The molecule has 1 aliphatic heterocycles. The van der Waals surface area contributed by atoms with Gasteiger partial charge in [0.2, 0.25) is 0 Å². The van der Waals surface area contributed by atoms with Crippen molar-refractivity contribution in [3.05, 3.63) is 38.7 Å². The summed E-state index contributed by atoms with van der Waals surface area (Å²) in [5, 5.41) is 3.46. The van der Waals surface area contributed by atoms with E-state index in [-0.39, 0.29) is 11.2 Å². The quantitative estimate of drug-likeness (QED) is 0.294. The summed E-state index contributed by atoms with van der Waals surface area (Å²) in [5.41, 5.74) is 9.34. The number of fused-ring (bicyclic) bond motifs is 2. The summed E-state index contributed by atoms with van der Waals surface area (Å²) in [6, 6.07) is 4.26. The molecule has 160 valence electrons. The Morgan fingerprint density at radius 1 is 1.27 bits per heavy atom. The minimum absolute atomic E-state index is 0.0622. The van der Waals surface area contributed by atoms with Crippen molar-refractivity contribution in [3.8, 4) is 5.75 Å². The molecule has 0 atom stereocenters. The Morgan fingerprint density at radius 3 is 2.83 bits per heavy atom. The van der Waals surface area contributed by atoms with Gasteiger partial charge in [0.05, 0.1) is 6.61 Å². The number of nitrogen functional groups attached to an aromatic ring is 1. The summed E-state index contributed by atoms with van der Waals surface area (Å²) in [5.74, 6) is 1.78. The molecular formula is C21H26FIN6O. The molecule has 9 heteroatoms. The first kappa shape index (κ1) is 21.2. The van der Waals surface area contributed by atoms with Gasteiger partial charge in [-0.3, -0.25) is 0 Å². The Bertz CT molecular complexity index is 1090. The normalized spacial score (nSPS) is 13.6. The van der Waals surface area contributed by atoms with Crippen LogP contribution in [0.15, 0.2) is 12.1 Å². The van der Waals surface area contributed by atoms with Gasteiger partial charge in [0.1, 0.15) is 11.6 Å². The van der Waals surface area contributed by atoms with Crippen molar-refractivity contribution in [2.75, 3.05) is 25.4 Å². The van der Waals surface area contributed by atoms with Gasteiger partial charge in [-0.15, -0.1) is 0 Å². The summed E-state index contributed by atoms with van der Waals surface area (Å²) >= 11 is 2.35. The number of anilines is 1. The van der Waals surface area contributed by atoms with Crippen molar-refractivity contribution in [1.29, 1.82) is 0 Å². The van der Waals surface area contributed by atoms with Crippen LogP contribution in [0.3, 0.4) is 0 Å². The van der Waals surface area contributed by atoms with Gasteiger partial charge in [0, 0.05) is 36.0 Å². The van der Waals surface area contributed by atoms with E-state index in [0.29, 0.717) is 30.7 Å². The molecule has 0 aliphatic carbocycles. The van der Waals surface area contributed by atoms with E-state index in [9.17, 15) is 4.39 Å². The van der Waals surface area contributed by atoms with Crippen LogP contribution >= 0.6 is 22.6 Å². The van der Waals surface area contributed by atoms with E-state index in [1.165, 1.54) is 5.56 Å². The molecule has 0 amide bonds. The van der Waals surface area contributed by atoms with Gasteiger partial charge in [-0.1, -0.05) is 20.8 Å². The summed E-state index contributed by atoms with van der Waals surface area (Å²) in [6.45, 7) is 9.46. The first-order valence-electron chi connectivity index (χ1n) is 10.0. The number of hydrogen-bond donors (Lipinski definition) is 2. The van der Waals surface area contributed by atoms with Crippen LogP contribution < -0.4 is 15.8 Å². The van der Waals surface area contributed by atoms with Crippen LogP contribution in [0.5, 0.6) is 5.75 Å². The Labute approximate surface area is 188 Å². The molecule has 1 aliphatic rings. The molecule has 0 radical (unpaired) electrons. The first-order valence-corrected chi connectivity index (χ1v) is 11.1. The van der Waals surface area contributed by atoms with Crippen LogP contribution in [0.4, 0.5) is 10.2 Å². The van der Waals surface area contributed by atoms with Crippen LogP contribution in [0.1, 0.15) is 37.7 Å². The Hall–Kier alpha value is -2.01. The fourth-order valence-electron chi connectivity index (χ4n) is 3.61. The smallest absolute Gasteiger partial charge is 0.312 e. The predicted octanol–water partition coefficient (Wildman–Crippen LogP) is 3.31. The third-order valence-corrected chi connectivity index (χ3v) is 6.05. The van der Waals surface area contributed by atoms with Crippen molar-refractivity contribution in [3.63, 3.8) is 0 Å². The maximum atomic E-state index is 13.9. The third kappa shape index (κ3) is 4.51. The van der Waals surface area contributed by atoms with E-state index >= 15 is 0 Å². The van der Waals surface area contributed by atoms with Crippen molar-refractivity contribution >= 4 is 39.6 Å². The number of halogens is 2. The molecule has 30 heavy (non-hydrogen) atoms. The highest BCUT2D eigenvalue weighted by Gasteiger charge is 2.20. The molecule has 4 rings (SSSR count). The largest absolute Gasteiger partial charge is 0.493 e. The molecule has 0 saturated heterocycles. The lowest BCUT2D eigenvalue weighted by Gasteiger charge is -2.19. The summed E-state index contributed by atoms with van der Waals surface area (Å²) in [6.07, 6.45) is 0.677. The summed E-state index contributed by atoms with van der Waals surface area (Å²) < 4.78 is 22.7. The SMILES string of the molecule is CC(C)(C)CNCCn1c(Cc2cc3c(cc2[124I])CCO3)nc2c(N)nc(F)nc21. The number of imidazole rings is 1. The molecule has 0 saturated carbocycles. The predicted molar refractivity (Wildman–Crippen MR) is 123 cm³/mol. The minimum Gasteiger partial charge on any atom is -0.493 e. The van der Waals surface area contributed by atoms with E-state index in [4.69, 9.17) is 10.5 Å². The molecular weight excluding hydrogens is 495 g/mol. The van der Waals surface area contributed by atoms with Crippen LogP contribution in [-0.4, -0.2) is 39.2 Å². The van der Waals surface area contributed by atoms with Gasteiger partial charge in [-0.2, -0.15) is 14.4 Å². The van der Waals surface area contributed by atoms with Gasteiger partial charge in [-0.05, 0) is 51.3 Å². The number of nitrogens with zero attached hydrogens (tertiary/aromatic N) is 4. The molecule has 3 heterocycles.